The maximum Gasteiger partial charge on any atom is 0.251 e. The van der Waals surface area contributed by atoms with Gasteiger partial charge in [-0.1, -0.05) is 49.4 Å². The summed E-state index contributed by atoms with van der Waals surface area (Å²) in [5.74, 6) is 0.133. The number of benzene rings is 2. The van der Waals surface area contributed by atoms with Crippen LogP contribution in [0.15, 0.2) is 54.6 Å². The zero-order valence-corrected chi connectivity index (χ0v) is 17.6. The van der Waals surface area contributed by atoms with Gasteiger partial charge in [0.25, 0.3) is 5.91 Å². The number of fused-ring (bicyclic) bond motifs is 2. The van der Waals surface area contributed by atoms with Crippen LogP contribution in [0.4, 0.5) is 0 Å². The Labute approximate surface area is 173 Å². The molecule has 0 bridgehead atoms. The van der Waals surface area contributed by atoms with Crippen LogP contribution in [0.25, 0.3) is 0 Å². The van der Waals surface area contributed by atoms with E-state index < -0.39 is 10.0 Å². The molecule has 2 aliphatic rings. The highest BCUT2D eigenvalue weighted by molar-refractivity contribution is 7.89. The van der Waals surface area contributed by atoms with Gasteiger partial charge in [-0.05, 0) is 48.9 Å². The van der Waals surface area contributed by atoms with Crippen molar-refractivity contribution in [2.45, 2.75) is 44.1 Å². The predicted molar refractivity (Wildman–Crippen MR) is 114 cm³/mol. The Morgan fingerprint density at radius 1 is 1.07 bits per heavy atom. The van der Waals surface area contributed by atoms with Crippen molar-refractivity contribution >= 4 is 15.9 Å². The van der Waals surface area contributed by atoms with Gasteiger partial charge in [0.05, 0.1) is 5.75 Å². The zero-order valence-electron chi connectivity index (χ0n) is 16.8. The second-order valence-corrected chi connectivity index (χ2v) is 10.2. The van der Waals surface area contributed by atoms with Gasteiger partial charge in [-0.2, -0.15) is 0 Å². The fourth-order valence-electron chi connectivity index (χ4n) is 4.98. The Morgan fingerprint density at radius 2 is 1.72 bits per heavy atom. The average Bonchev–Trinajstić information content (AvgIpc) is 3.02. The van der Waals surface area contributed by atoms with Crippen LogP contribution in [-0.4, -0.2) is 43.5 Å². The second kappa shape index (κ2) is 7.92. The van der Waals surface area contributed by atoms with Gasteiger partial charge in [0.15, 0.2) is 0 Å². The molecule has 1 unspecified atom stereocenters. The molecule has 1 aliphatic carbocycles. The summed E-state index contributed by atoms with van der Waals surface area (Å²) in [5.41, 5.74) is 2.97. The van der Waals surface area contributed by atoms with Crippen molar-refractivity contribution in [2.24, 2.45) is 0 Å². The Kier molecular flexibility index (Phi) is 5.49. The first kappa shape index (κ1) is 20.1. The van der Waals surface area contributed by atoms with Crippen molar-refractivity contribution in [2.75, 3.05) is 18.8 Å². The molecule has 1 aliphatic heterocycles. The number of hydrogen-bond donors (Lipinski definition) is 1. The summed E-state index contributed by atoms with van der Waals surface area (Å²) in [6.07, 6.45) is 2.87. The Hall–Kier alpha value is -2.18. The lowest BCUT2D eigenvalue weighted by Crippen LogP contribution is -2.54. The van der Waals surface area contributed by atoms with Crippen LogP contribution < -0.4 is 5.32 Å². The molecule has 6 heteroatoms. The normalized spacial score (nSPS) is 21.1. The maximum absolute atomic E-state index is 12.9. The number of carbonyl (C=O) groups excluding carboxylic acids is 1. The van der Waals surface area contributed by atoms with Gasteiger partial charge in [0.2, 0.25) is 10.0 Å². The summed E-state index contributed by atoms with van der Waals surface area (Å²) in [4.78, 5) is 12.9. The summed E-state index contributed by atoms with van der Waals surface area (Å²) in [6.45, 7) is 2.91. The number of carbonyl (C=O) groups is 1. The zero-order chi connectivity index (χ0) is 20.5. The van der Waals surface area contributed by atoms with Crippen LogP contribution >= 0.6 is 0 Å². The number of nitrogens with zero attached hydrogens (tertiary/aromatic N) is 1. The van der Waals surface area contributed by atoms with E-state index in [-0.39, 0.29) is 23.1 Å². The Morgan fingerprint density at radius 3 is 2.41 bits per heavy atom. The molecule has 1 fully saturated rings. The smallest absolute Gasteiger partial charge is 0.251 e. The topological polar surface area (TPSA) is 66.5 Å². The van der Waals surface area contributed by atoms with E-state index in [0.29, 0.717) is 25.1 Å². The van der Waals surface area contributed by atoms with Gasteiger partial charge in [-0.15, -0.1) is 0 Å². The largest absolute Gasteiger partial charge is 0.348 e. The molecule has 154 valence electrons. The fourth-order valence-corrected chi connectivity index (χ4v) is 6.49. The van der Waals surface area contributed by atoms with Crippen molar-refractivity contribution in [1.29, 1.82) is 0 Å². The third-order valence-corrected chi connectivity index (χ3v) is 8.53. The van der Waals surface area contributed by atoms with Crippen molar-refractivity contribution in [3.8, 4) is 0 Å². The van der Waals surface area contributed by atoms with Crippen molar-refractivity contribution < 1.29 is 13.2 Å². The molecule has 2 aromatic rings. The standard InChI is InChI=1S/C23H28N2O3S/c1-2-16-29(27,28)25-14-12-23(13-15-25)20-11-7-6-10-19(20)17-21(23)24-22(26)18-8-4-3-5-9-18/h3-11,21H,2,12-17H2,1H3,(H,24,26). The SMILES string of the molecule is CCCS(=O)(=O)N1CCC2(CC1)c1ccccc1CC2NC(=O)c1ccccc1. The molecule has 1 N–H and O–H groups in total. The molecular weight excluding hydrogens is 384 g/mol. The maximum atomic E-state index is 12.9. The Bertz CT molecular complexity index is 980. The minimum atomic E-state index is -3.19. The molecule has 4 rings (SSSR count). The first-order chi connectivity index (χ1) is 14.0. The van der Waals surface area contributed by atoms with Crippen LogP contribution in [-0.2, 0) is 21.9 Å². The molecule has 0 aromatic heterocycles. The molecule has 29 heavy (non-hydrogen) atoms. The van der Waals surface area contributed by atoms with E-state index in [0.717, 1.165) is 19.3 Å². The van der Waals surface area contributed by atoms with Crippen LogP contribution in [0.2, 0.25) is 0 Å². The molecule has 0 radical (unpaired) electrons. The molecular formula is C23H28N2O3S. The molecule has 1 atom stereocenters. The molecule has 0 saturated carbocycles. The van der Waals surface area contributed by atoms with Gasteiger partial charge in [0, 0.05) is 30.1 Å². The summed E-state index contributed by atoms with van der Waals surface area (Å²) < 4.78 is 26.7. The number of amides is 1. The summed E-state index contributed by atoms with van der Waals surface area (Å²) in [6, 6.07) is 17.6. The van der Waals surface area contributed by atoms with Gasteiger partial charge in [-0.25, -0.2) is 12.7 Å². The van der Waals surface area contributed by atoms with Gasteiger partial charge < -0.3 is 5.32 Å². The second-order valence-electron chi connectivity index (χ2n) is 8.12. The van der Waals surface area contributed by atoms with Crippen LogP contribution in [0.3, 0.4) is 0 Å². The lowest BCUT2D eigenvalue weighted by molar-refractivity contribution is 0.0896. The van der Waals surface area contributed by atoms with E-state index in [1.54, 1.807) is 4.31 Å². The molecule has 1 saturated heterocycles. The average molecular weight is 413 g/mol. The third kappa shape index (κ3) is 3.71. The lowest BCUT2D eigenvalue weighted by atomic mass is 9.71. The van der Waals surface area contributed by atoms with Crippen molar-refractivity contribution in [1.82, 2.24) is 9.62 Å². The van der Waals surface area contributed by atoms with Crippen LogP contribution in [0, 0.1) is 0 Å². The highest BCUT2D eigenvalue weighted by atomic mass is 32.2. The molecule has 2 aromatic carbocycles. The number of nitrogens with one attached hydrogen (secondary N) is 1. The summed E-state index contributed by atoms with van der Waals surface area (Å²) >= 11 is 0. The van der Waals surface area contributed by atoms with E-state index >= 15 is 0 Å². The van der Waals surface area contributed by atoms with E-state index in [9.17, 15) is 13.2 Å². The molecule has 1 amide bonds. The van der Waals surface area contributed by atoms with E-state index in [1.807, 2.05) is 49.4 Å². The van der Waals surface area contributed by atoms with Crippen molar-refractivity contribution in [3.63, 3.8) is 0 Å². The van der Waals surface area contributed by atoms with E-state index in [1.165, 1.54) is 11.1 Å². The molecule has 1 spiro atoms. The van der Waals surface area contributed by atoms with E-state index in [4.69, 9.17) is 0 Å². The highest BCUT2D eigenvalue weighted by Gasteiger charge is 2.49. The van der Waals surface area contributed by atoms with Gasteiger partial charge in [0.1, 0.15) is 0 Å². The number of hydrogen-bond acceptors (Lipinski definition) is 3. The number of piperidine rings is 1. The Balaban J connectivity index is 1.59. The van der Waals surface area contributed by atoms with Gasteiger partial charge >= 0.3 is 0 Å². The first-order valence-electron chi connectivity index (χ1n) is 10.4. The quantitative estimate of drug-likeness (QED) is 0.821. The molecule has 1 heterocycles. The predicted octanol–water partition coefficient (Wildman–Crippen LogP) is 3.11. The highest BCUT2D eigenvalue weighted by Crippen LogP contribution is 2.46. The first-order valence-corrected chi connectivity index (χ1v) is 12.0. The lowest BCUT2D eigenvalue weighted by Gasteiger charge is -2.43. The van der Waals surface area contributed by atoms with Crippen LogP contribution in [0.1, 0.15) is 47.7 Å². The summed E-state index contributed by atoms with van der Waals surface area (Å²) in [7, 11) is -3.19. The minimum absolute atomic E-state index is 0.0244. The number of rotatable bonds is 5. The van der Waals surface area contributed by atoms with Crippen molar-refractivity contribution in [3.05, 3.63) is 71.3 Å². The monoisotopic (exact) mass is 412 g/mol. The van der Waals surface area contributed by atoms with E-state index in [2.05, 4.69) is 17.4 Å². The minimum Gasteiger partial charge on any atom is -0.348 e. The molecule has 5 nitrogen and oxygen atoms in total. The number of sulfonamides is 1. The third-order valence-electron chi connectivity index (χ3n) is 6.46. The van der Waals surface area contributed by atoms with Crippen LogP contribution in [0.5, 0.6) is 0 Å². The summed E-state index contributed by atoms with van der Waals surface area (Å²) in [5, 5.41) is 3.27. The van der Waals surface area contributed by atoms with Gasteiger partial charge in [-0.3, -0.25) is 4.79 Å². The fraction of sp³-hybridized carbons (Fsp3) is 0.435.